The van der Waals surface area contributed by atoms with Crippen LogP contribution in [0.15, 0.2) is 36.4 Å². The first-order valence-electron chi connectivity index (χ1n) is 8.71. The maximum atomic E-state index is 13.8. The third-order valence-corrected chi connectivity index (χ3v) is 4.58. The van der Waals surface area contributed by atoms with Crippen molar-refractivity contribution in [3.8, 4) is 5.75 Å². The molecule has 0 unspecified atom stereocenters. The lowest BCUT2D eigenvalue weighted by molar-refractivity contribution is -0.117. The van der Waals surface area contributed by atoms with Crippen molar-refractivity contribution < 1.29 is 28.2 Å². The van der Waals surface area contributed by atoms with Gasteiger partial charge in [-0.2, -0.15) is 0 Å². The number of carbonyl (C=O) groups excluding carboxylic acids is 2. The second-order valence-electron chi connectivity index (χ2n) is 6.44. The standard InChI is InChI=1S/C20H18FNO5/c21-16-7-14-10-25-12-27-19(14)15(8-16)11-26-20(24)13-3-1-4-17(9-13)22-6-2-5-18(22)23/h1,3-4,7-9H,2,5-6,10-12H2. The van der Waals surface area contributed by atoms with Crippen molar-refractivity contribution in [1.29, 1.82) is 0 Å². The van der Waals surface area contributed by atoms with Gasteiger partial charge in [0, 0.05) is 29.8 Å². The van der Waals surface area contributed by atoms with Gasteiger partial charge in [0.2, 0.25) is 5.91 Å². The number of benzene rings is 2. The summed E-state index contributed by atoms with van der Waals surface area (Å²) in [6.45, 7) is 0.851. The number of hydrogen-bond donors (Lipinski definition) is 0. The van der Waals surface area contributed by atoms with E-state index in [2.05, 4.69) is 0 Å². The minimum atomic E-state index is -0.548. The van der Waals surface area contributed by atoms with Gasteiger partial charge in [-0.1, -0.05) is 6.07 Å². The topological polar surface area (TPSA) is 65.1 Å². The van der Waals surface area contributed by atoms with Crippen LogP contribution in [0.5, 0.6) is 5.75 Å². The molecule has 140 valence electrons. The lowest BCUT2D eigenvalue weighted by Gasteiger charge is -2.21. The Balaban J connectivity index is 1.49. The first-order chi connectivity index (χ1) is 13.1. The van der Waals surface area contributed by atoms with Crippen LogP contribution < -0.4 is 9.64 Å². The predicted octanol–water partition coefficient (Wildman–Crippen LogP) is 3.18. The molecule has 2 aromatic carbocycles. The number of rotatable bonds is 4. The van der Waals surface area contributed by atoms with E-state index in [1.807, 2.05) is 0 Å². The molecule has 0 radical (unpaired) electrons. The number of amides is 1. The van der Waals surface area contributed by atoms with Crippen molar-refractivity contribution in [1.82, 2.24) is 0 Å². The van der Waals surface area contributed by atoms with E-state index in [9.17, 15) is 14.0 Å². The van der Waals surface area contributed by atoms with Crippen LogP contribution >= 0.6 is 0 Å². The predicted molar refractivity (Wildman–Crippen MR) is 93.8 cm³/mol. The quantitative estimate of drug-likeness (QED) is 0.773. The Bertz CT molecular complexity index is 898. The largest absolute Gasteiger partial charge is 0.467 e. The molecular weight excluding hydrogens is 353 g/mol. The van der Waals surface area contributed by atoms with Gasteiger partial charge in [-0.15, -0.1) is 0 Å². The molecule has 27 heavy (non-hydrogen) atoms. The highest BCUT2D eigenvalue weighted by molar-refractivity contribution is 5.97. The molecule has 0 saturated carbocycles. The molecule has 0 spiro atoms. The zero-order valence-electron chi connectivity index (χ0n) is 14.6. The van der Waals surface area contributed by atoms with Crippen molar-refractivity contribution in [2.24, 2.45) is 0 Å². The number of halogens is 1. The van der Waals surface area contributed by atoms with E-state index in [-0.39, 0.29) is 25.9 Å². The fourth-order valence-electron chi connectivity index (χ4n) is 3.31. The summed E-state index contributed by atoms with van der Waals surface area (Å²) in [6.07, 6.45) is 1.32. The van der Waals surface area contributed by atoms with Gasteiger partial charge >= 0.3 is 5.97 Å². The number of esters is 1. The molecule has 0 aromatic heterocycles. The molecule has 4 rings (SSSR count). The monoisotopic (exact) mass is 371 g/mol. The molecule has 2 heterocycles. The number of nitrogens with zero attached hydrogens (tertiary/aromatic N) is 1. The lowest BCUT2D eigenvalue weighted by Crippen LogP contribution is -2.23. The molecule has 1 amide bonds. The molecule has 1 saturated heterocycles. The van der Waals surface area contributed by atoms with Crippen LogP contribution in [-0.4, -0.2) is 25.2 Å². The van der Waals surface area contributed by atoms with E-state index in [4.69, 9.17) is 14.2 Å². The van der Waals surface area contributed by atoms with Crippen LogP contribution in [-0.2, 0) is 27.5 Å². The Morgan fingerprint density at radius 3 is 2.96 bits per heavy atom. The van der Waals surface area contributed by atoms with Gasteiger partial charge in [-0.3, -0.25) is 4.79 Å². The molecule has 6 nitrogen and oxygen atoms in total. The fraction of sp³-hybridized carbons (Fsp3) is 0.300. The summed E-state index contributed by atoms with van der Waals surface area (Å²) in [5.41, 5.74) is 2.05. The summed E-state index contributed by atoms with van der Waals surface area (Å²) in [6, 6.07) is 9.39. The summed E-state index contributed by atoms with van der Waals surface area (Å²) in [7, 11) is 0. The number of carbonyl (C=O) groups is 2. The Kier molecular flexibility index (Phi) is 4.77. The lowest BCUT2D eigenvalue weighted by atomic mass is 10.1. The second-order valence-corrected chi connectivity index (χ2v) is 6.44. The van der Waals surface area contributed by atoms with Gasteiger partial charge in [0.25, 0.3) is 0 Å². The number of anilines is 1. The molecule has 0 bridgehead atoms. The minimum Gasteiger partial charge on any atom is -0.467 e. The Hall–Kier alpha value is -2.93. The molecule has 0 aliphatic carbocycles. The molecule has 0 atom stereocenters. The molecule has 1 fully saturated rings. The zero-order valence-corrected chi connectivity index (χ0v) is 14.6. The first kappa shape index (κ1) is 17.5. The van der Waals surface area contributed by atoms with Crippen molar-refractivity contribution >= 4 is 17.6 Å². The summed E-state index contributed by atoms with van der Waals surface area (Å²) >= 11 is 0. The highest BCUT2D eigenvalue weighted by atomic mass is 19.1. The van der Waals surface area contributed by atoms with Gasteiger partial charge in [0.05, 0.1) is 12.2 Å². The Morgan fingerprint density at radius 2 is 2.15 bits per heavy atom. The maximum Gasteiger partial charge on any atom is 0.338 e. The van der Waals surface area contributed by atoms with Gasteiger partial charge in [-0.05, 0) is 36.8 Å². The van der Waals surface area contributed by atoms with E-state index in [1.54, 1.807) is 29.2 Å². The van der Waals surface area contributed by atoms with Crippen molar-refractivity contribution in [3.05, 3.63) is 58.9 Å². The molecule has 2 aliphatic rings. The first-order valence-corrected chi connectivity index (χ1v) is 8.71. The maximum absolute atomic E-state index is 13.8. The second kappa shape index (κ2) is 7.36. The van der Waals surface area contributed by atoms with Crippen LogP contribution in [0.3, 0.4) is 0 Å². The summed E-state index contributed by atoms with van der Waals surface area (Å²) in [5.74, 6) is -0.449. The highest BCUT2D eigenvalue weighted by Crippen LogP contribution is 2.30. The van der Waals surface area contributed by atoms with E-state index in [1.165, 1.54) is 12.1 Å². The fourth-order valence-corrected chi connectivity index (χ4v) is 3.31. The molecular formula is C20H18FNO5. The van der Waals surface area contributed by atoms with E-state index in [0.717, 1.165) is 6.42 Å². The smallest absolute Gasteiger partial charge is 0.338 e. The molecule has 2 aliphatic heterocycles. The Labute approximate surface area is 155 Å². The molecule has 7 heteroatoms. The van der Waals surface area contributed by atoms with Crippen molar-refractivity contribution in [2.75, 3.05) is 18.2 Å². The summed E-state index contributed by atoms with van der Waals surface area (Å²) < 4.78 is 29.7. The van der Waals surface area contributed by atoms with Gasteiger partial charge in [0.15, 0.2) is 6.79 Å². The highest BCUT2D eigenvalue weighted by Gasteiger charge is 2.23. The third-order valence-electron chi connectivity index (χ3n) is 4.58. The van der Waals surface area contributed by atoms with E-state index >= 15 is 0 Å². The van der Waals surface area contributed by atoms with Crippen molar-refractivity contribution in [3.63, 3.8) is 0 Å². The van der Waals surface area contributed by atoms with Gasteiger partial charge in [-0.25, -0.2) is 9.18 Å². The van der Waals surface area contributed by atoms with Crippen LogP contribution in [0.25, 0.3) is 0 Å². The normalized spacial score (nSPS) is 16.0. The number of ether oxygens (including phenoxy) is 3. The average molecular weight is 371 g/mol. The molecule has 2 aromatic rings. The van der Waals surface area contributed by atoms with E-state index < -0.39 is 11.8 Å². The SMILES string of the molecule is O=C(OCc1cc(F)cc2c1OCOC2)c1cccc(N2CCCC2=O)c1. The number of fused-ring (bicyclic) bond motifs is 1. The third kappa shape index (κ3) is 3.64. The van der Waals surface area contributed by atoms with Gasteiger partial charge in [0.1, 0.15) is 18.2 Å². The summed E-state index contributed by atoms with van der Waals surface area (Å²) in [5, 5.41) is 0. The number of hydrogen-bond acceptors (Lipinski definition) is 5. The zero-order chi connectivity index (χ0) is 18.8. The van der Waals surface area contributed by atoms with E-state index in [0.29, 0.717) is 41.1 Å². The van der Waals surface area contributed by atoms with Crippen molar-refractivity contribution in [2.45, 2.75) is 26.1 Å². The average Bonchev–Trinajstić information content (AvgIpc) is 3.11. The summed E-state index contributed by atoms with van der Waals surface area (Å²) in [4.78, 5) is 26.0. The van der Waals surface area contributed by atoms with Crippen LogP contribution in [0, 0.1) is 5.82 Å². The minimum absolute atomic E-state index is 0.0475. The van der Waals surface area contributed by atoms with Crippen LogP contribution in [0.1, 0.15) is 34.3 Å². The van der Waals surface area contributed by atoms with Crippen LogP contribution in [0.2, 0.25) is 0 Å². The van der Waals surface area contributed by atoms with Gasteiger partial charge < -0.3 is 19.1 Å². The Morgan fingerprint density at radius 1 is 1.26 bits per heavy atom. The molecule has 0 N–H and O–H groups in total. The van der Waals surface area contributed by atoms with Crippen LogP contribution in [0.4, 0.5) is 10.1 Å².